The summed E-state index contributed by atoms with van der Waals surface area (Å²) in [5, 5.41) is 12.0. The third-order valence-corrected chi connectivity index (χ3v) is 5.72. The van der Waals surface area contributed by atoms with E-state index in [0.29, 0.717) is 6.54 Å². The van der Waals surface area contributed by atoms with E-state index < -0.39 is 17.7 Å². The third-order valence-electron chi connectivity index (χ3n) is 5.72. The van der Waals surface area contributed by atoms with Crippen LogP contribution in [0.15, 0.2) is 48.5 Å². The van der Waals surface area contributed by atoms with Crippen molar-refractivity contribution in [1.29, 1.82) is 0 Å². The highest BCUT2D eigenvalue weighted by molar-refractivity contribution is 5.88. The molecule has 3 rings (SSSR count). The smallest absolute Gasteiger partial charge is 0.335 e. The Hall–Kier alpha value is -2.73. The van der Waals surface area contributed by atoms with Crippen molar-refractivity contribution < 1.29 is 19.1 Å². The van der Waals surface area contributed by atoms with Gasteiger partial charge in [0.2, 0.25) is 5.91 Å². The fraction of sp³-hybridized carbons (Fsp3) is 0.391. The van der Waals surface area contributed by atoms with Gasteiger partial charge in [0.05, 0.1) is 11.6 Å². The van der Waals surface area contributed by atoms with Gasteiger partial charge in [-0.3, -0.25) is 9.69 Å². The number of nitrogens with zero attached hydrogens (tertiary/aromatic N) is 1. The summed E-state index contributed by atoms with van der Waals surface area (Å²) >= 11 is 0. The Bertz CT molecular complexity index is 882. The summed E-state index contributed by atoms with van der Waals surface area (Å²) in [4.78, 5) is 26.0. The first-order chi connectivity index (χ1) is 13.7. The van der Waals surface area contributed by atoms with E-state index in [9.17, 15) is 14.0 Å². The average molecular weight is 398 g/mol. The normalized spacial score (nSPS) is 23.0. The van der Waals surface area contributed by atoms with Gasteiger partial charge in [0.15, 0.2) is 0 Å². The molecule has 0 bridgehead atoms. The molecule has 1 fully saturated rings. The molecule has 0 spiro atoms. The molecule has 2 N–H and O–H groups in total. The second kappa shape index (κ2) is 8.33. The number of benzene rings is 2. The maximum Gasteiger partial charge on any atom is 0.335 e. The molecule has 0 saturated carbocycles. The first-order valence-corrected chi connectivity index (χ1v) is 9.78. The van der Waals surface area contributed by atoms with Crippen LogP contribution in [0.25, 0.3) is 0 Å². The van der Waals surface area contributed by atoms with Gasteiger partial charge in [0.1, 0.15) is 11.7 Å². The standard InChI is InChI=1S/C23H27FN2O3/c1-15-4-6-17(7-5-15)13-26-14-20(24)12-23(26,3)22(29)25-16(2)18-8-10-19(11-9-18)21(27)28/h4-11,16,20H,12-14H2,1-3H3,(H,25,29)(H,27,28)/t16-,20-,23+/m0/s1. The lowest BCUT2D eigenvalue weighted by atomic mass is 9.95. The lowest BCUT2D eigenvalue weighted by Crippen LogP contribution is -2.53. The van der Waals surface area contributed by atoms with Gasteiger partial charge in [-0.1, -0.05) is 42.0 Å². The van der Waals surface area contributed by atoms with Crippen LogP contribution in [0.3, 0.4) is 0 Å². The SMILES string of the molecule is Cc1ccc(CN2C[C@@H](F)C[C@]2(C)C(=O)N[C@@H](C)c2ccc(C(=O)O)cc2)cc1. The number of carboxylic acids is 1. The third kappa shape index (κ3) is 4.65. The number of hydrogen-bond donors (Lipinski definition) is 2. The molecule has 0 unspecified atom stereocenters. The molecule has 1 heterocycles. The van der Waals surface area contributed by atoms with Crippen molar-refractivity contribution in [2.75, 3.05) is 6.54 Å². The number of hydrogen-bond acceptors (Lipinski definition) is 3. The van der Waals surface area contributed by atoms with Gasteiger partial charge >= 0.3 is 5.97 Å². The second-order valence-electron chi connectivity index (χ2n) is 8.06. The predicted molar refractivity (Wildman–Crippen MR) is 109 cm³/mol. The number of aryl methyl sites for hydroxylation is 1. The molecule has 2 aromatic carbocycles. The van der Waals surface area contributed by atoms with Gasteiger partial charge in [0.25, 0.3) is 0 Å². The number of alkyl halides is 1. The summed E-state index contributed by atoms with van der Waals surface area (Å²) in [5.74, 6) is -1.22. The molecule has 6 heteroatoms. The molecular formula is C23H27FN2O3. The molecular weight excluding hydrogens is 371 g/mol. The first kappa shape index (κ1) is 21.0. The van der Waals surface area contributed by atoms with Crippen LogP contribution in [-0.2, 0) is 11.3 Å². The van der Waals surface area contributed by atoms with Crippen LogP contribution in [0.4, 0.5) is 4.39 Å². The number of rotatable bonds is 6. The minimum Gasteiger partial charge on any atom is -0.478 e. The Labute approximate surface area is 170 Å². The second-order valence-corrected chi connectivity index (χ2v) is 8.06. The van der Waals surface area contributed by atoms with Crippen molar-refractivity contribution >= 4 is 11.9 Å². The van der Waals surface area contributed by atoms with Crippen molar-refractivity contribution in [3.8, 4) is 0 Å². The van der Waals surface area contributed by atoms with Gasteiger partial charge < -0.3 is 10.4 Å². The quantitative estimate of drug-likeness (QED) is 0.775. The van der Waals surface area contributed by atoms with E-state index in [4.69, 9.17) is 5.11 Å². The lowest BCUT2D eigenvalue weighted by Gasteiger charge is -2.34. The Kier molecular flexibility index (Phi) is 6.03. The number of carbonyl (C=O) groups excluding carboxylic acids is 1. The Morgan fingerprint density at radius 3 is 2.41 bits per heavy atom. The van der Waals surface area contributed by atoms with Gasteiger partial charge in [-0.15, -0.1) is 0 Å². The van der Waals surface area contributed by atoms with Crippen LogP contribution in [0.1, 0.15) is 53.4 Å². The van der Waals surface area contributed by atoms with Crippen LogP contribution in [-0.4, -0.2) is 40.1 Å². The zero-order valence-corrected chi connectivity index (χ0v) is 17.0. The average Bonchev–Trinajstić information content (AvgIpc) is 2.98. The Morgan fingerprint density at radius 1 is 1.21 bits per heavy atom. The molecule has 1 amide bonds. The zero-order valence-electron chi connectivity index (χ0n) is 17.0. The molecule has 0 aliphatic carbocycles. The Morgan fingerprint density at radius 2 is 1.83 bits per heavy atom. The summed E-state index contributed by atoms with van der Waals surface area (Å²) < 4.78 is 14.3. The molecule has 0 radical (unpaired) electrons. The van der Waals surface area contributed by atoms with E-state index in [2.05, 4.69) is 5.32 Å². The highest BCUT2D eigenvalue weighted by Gasteiger charge is 2.48. The topological polar surface area (TPSA) is 69.6 Å². The molecule has 1 aliphatic heterocycles. The Balaban J connectivity index is 1.72. The highest BCUT2D eigenvalue weighted by atomic mass is 19.1. The maximum absolute atomic E-state index is 14.3. The van der Waals surface area contributed by atoms with Crippen molar-refractivity contribution in [1.82, 2.24) is 10.2 Å². The van der Waals surface area contributed by atoms with Gasteiger partial charge in [-0.2, -0.15) is 0 Å². The number of halogens is 1. The summed E-state index contributed by atoms with van der Waals surface area (Å²) in [7, 11) is 0. The minimum atomic E-state index is -1.05. The van der Waals surface area contributed by atoms with E-state index in [0.717, 1.165) is 16.7 Å². The van der Waals surface area contributed by atoms with Crippen LogP contribution in [0, 0.1) is 6.92 Å². The van der Waals surface area contributed by atoms with E-state index in [1.165, 1.54) is 12.1 Å². The monoisotopic (exact) mass is 398 g/mol. The van der Waals surface area contributed by atoms with Gasteiger partial charge in [-0.25, -0.2) is 9.18 Å². The van der Waals surface area contributed by atoms with E-state index in [1.54, 1.807) is 19.1 Å². The number of nitrogens with one attached hydrogen (secondary N) is 1. The molecule has 29 heavy (non-hydrogen) atoms. The molecule has 154 valence electrons. The van der Waals surface area contributed by atoms with E-state index >= 15 is 0 Å². The largest absolute Gasteiger partial charge is 0.478 e. The summed E-state index contributed by atoms with van der Waals surface area (Å²) in [6, 6.07) is 14.1. The predicted octanol–water partition coefficient (Wildman–Crippen LogP) is 3.87. The van der Waals surface area contributed by atoms with Crippen LogP contribution < -0.4 is 5.32 Å². The molecule has 1 saturated heterocycles. The van der Waals surface area contributed by atoms with Crippen LogP contribution in [0.5, 0.6) is 0 Å². The molecule has 1 aliphatic rings. The number of carbonyl (C=O) groups is 2. The van der Waals surface area contributed by atoms with Crippen LogP contribution in [0.2, 0.25) is 0 Å². The van der Waals surface area contributed by atoms with Crippen molar-refractivity contribution in [3.63, 3.8) is 0 Å². The molecule has 2 aromatic rings. The summed E-state index contributed by atoms with van der Waals surface area (Å²) in [5.41, 5.74) is 2.24. The lowest BCUT2D eigenvalue weighted by molar-refractivity contribution is -0.132. The number of likely N-dealkylation sites (tertiary alicyclic amines) is 1. The van der Waals surface area contributed by atoms with Crippen LogP contribution >= 0.6 is 0 Å². The zero-order chi connectivity index (χ0) is 21.2. The molecule has 0 aromatic heterocycles. The van der Waals surface area contributed by atoms with E-state index in [-0.39, 0.29) is 30.5 Å². The number of aromatic carboxylic acids is 1. The van der Waals surface area contributed by atoms with Crippen molar-refractivity contribution in [3.05, 3.63) is 70.8 Å². The summed E-state index contributed by atoms with van der Waals surface area (Å²) in [6.07, 6.45) is -0.906. The maximum atomic E-state index is 14.3. The van der Waals surface area contributed by atoms with Gasteiger partial charge in [0, 0.05) is 19.5 Å². The molecule has 3 atom stereocenters. The van der Waals surface area contributed by atoms with Gasteiger partial charge in [-0.05, 0) is 44.0 Å². The first-order valence-electron chi connectivity index (χ1n) is 9.78. The minimum absolute atomic E-state index is 0.148. The number of amides is 1. The number of carboxylic acid groups (broad SMARTS) is 1. The molecule has 5 nitrogen and oxygen atoms in total. The van der Waals surface area contributed by atoms with E-state index in [1.807, 2.05) is 43.0 Å². The van der Waals surface area contributed by atoms with Crippen molar-refractivity contribution in [2.24, 2.45) is 0 Å². The fourth-order valence-electron chi connectivity index (χ4n) is 3.80. The highest BCUT2D eigenvalue weighted by Crippen LogP contribution is 2.33. The fourth-order valence-corrected chi connectivity index (χ4v) is 3.80. The summed E-state index contributed by atoms with van der Waals surface area (Å²) in [6.45, 7) is 6.37. The van der Waals surface area contributed by atoms with Crippen molar-refractivity contribution in [2.45, 2.75) is 51.5 Å².